The third-order valence-electron chi connectivity index (χ3n) is 6.26. The summed E-state index contributed by atoms with van der Waals surface area (Å²) in [4.78, 5) is 25.6. The van der Waals surface area contributed by atoms with Gasteiger partial charge in [0.25, 0.3) is 0 Å². The molecule has 29 heavy (non-hydrogen) atoms. The fourth-order valence-corrected chi connectivity index (χ4v) is 4.78. The number of hydrogen-bond acceptors (Lipinski definition) is 5. The van der Waals surface area contributed by atoms with Crippen LogP contribution in [0.2, 0.25) is 18.1 Å². The molecule has 0 atom stereocenters. The first-order chi connectivity index (χ1) is 13.3. The second-order valence-corrected chi connectivity index (χ2v) is 14.2. The lowest BCUT2D eigenvalue weighted by molar-refractivity contribution is -0.171. The minimum Gasteiger partial charge on any atom is -0.465 e. The van der Waals surface area contributed by atoms with Crippen molar-refractivity contribution in [1.82, 2.24) is 0 Å². The molecule has 6 heteroatoms. The molecular weight excluding hydrogens is 384 g/mol. The number of hydrogen-bond donors (Lipinski definition) is 0. The van der Waals surface area contributed by atoms with Crippen molar-refractivity contribution in [2.75, 3.05) is 13.2 Å². The lowest BCUT2D eigenvalue weighted by Crippen LogP contribution is -2.45. The minimum atomic E-state index is -1.94. The van der Waals surface area contributed by atoms with Gasteiger partial charge in [-0.2, -0.15) is 0 Å². The summed E-state index contributed by atoms with van der Waals surface area (Å²) in [6, 6.07) is 0. The van der Waals surface area contributed by atoms with E-state index >= 15 is 0 Å². The van der Waals surface area contributed by atoms with Crippen LogP contribution < -0.4 is 0 Å². The number of carbonyl (C=O) groups is 2. The first kappa shape index (κ1) is 25.6. The quantitative estimate of drug-likeness (QED) is 0.188. The molecule has 0 heterocycles. The lowest BCUT2D eigenvalue weighted by Gasteiger charge is -2.40. The van der Waals surface area contributed by atoms with Gasteiger partial charge < -0.3 is 13.9 Å². The molecule has 0 radical (unpaired) electrons. The monoisotopic (exact) mass is 424 g/mol. The molecule has 1 fully saturated rings. The minimum absolute atomic E-state index is 0.116. The maximum atomic E-state index is 12.8. The van der Waals surface area contributed by atoms with Crippen molar-refractivity contribution in [3.05, 3.63) is 24.3 Å². The summed E-state index contributed by atoms with van der Waals surface area (Å²) in [5, 5.41) is 0.116. The standard InChI is InChI=1S/C23H40O5Si/c1-10-14-22(19(24)26-11-2,20(25)27-12-3)15-13-18(4)23(16-17-23)28-29(8,9)21(5,6)7/h10,13H,1,11-12,14-17H2,2-9H3/b18-13-. The highest BCUT2D eigenvalue weighted by atomic mass is 28.4. The van der Waals surface area contributed by atoms with E-state index in [4.69, 9.17) is 13.9 Å². The summed E-state index contributed by atoms with van der Waals surface area (Å²) >= 11 is 0. The molecule has 0 spiro atoms. The molecule has 1 aliphatic carbocycles. The average molecular weight is 425 g/mol. The number of esters is 2. The molecule has 1 aliphatic rings. The van der Waals surface area contributed by atoms with Crippen molar-refractivity contribution in [2.24, 2.45) is 5.41 Å². The van der Waals surface area contributed by atoms with Crippen LogP contribution in [0.5, 0.6) is 0 Å². The zero-order chi connectivity index (χ0) is 22.5. The molecule has 0 bridgehead atoms. The molecule has 1 saturated carbocycles. The highest BCUT2D eigenvalue weighted by molar-refractivity contribution is 6.74. The summed E-state index contributed by atoms with van der Waals surface area (Å²) in [6.45, 7) is 20.8. The first-order valence-electron chi connectivity index (χ1n) is 10.6. The SMILES string of the molecule is C=CCC(C/C=C(/C)C1(O[Si](C)(C)C(C)(C)C)CC1)(C(=O)OCC)C(=O)OCC. The molecule has 0 aromatic carbocycles. The van der Waals surface area contributed by atoms with Crippen molar-refractivity contribution in [3.63, 3.8) is 0 Å². The number of ether oxygens (including phenoxy) is 2. The number of carbonyl (C=O) groups excluding carboxylic acids is 2. The largest absolute Gasteiger partial charge is 0.465 e. The van der Waals surface area contributed by atoms with Crippen LogP contribution in [0, 0.1) is 5.41 Å². The van der Waals surface area contributed by atoms with Crippen LogP contribution in [-0.4, -0.2) is 39.1 Å². The maximum absolute atomic E-state index is 12.8. The Kier molecular flexibility index (Phi) is 8.49. The molecule has 1 rings (SSSR count). The predicted octanol–water partition coefficient (Wildman–Crippen LogP) is 5.57. The van der Waals surface area contributed by atoms with Gasteiger partial charge in [0.05, 0.1) is 18.8 Å². The van der Waals surface area contributed by atoms with E-state index in [0.717, 1.165) is 18.4 Å². The molecule has 0 aromatic rings. The lowest BCUT2D eigenvalue weighted by atomic mass is 9.80. The van der Waals surface area contributed by atoms with Crippen LogP contribution >= 0.6 is 0 Å². The zero-order valence-electron chi connectivity index (χ0n) is 19.6. The fourth-order valence-electron chi connectivity index (χ4n) is 3.13. The van der Waals surface area contributed by atoms with Gasteiger partial charge in [0.15, 0.2) is 13.7 Å². The van der Waals surface area contributed by atoms with Crippen molar-refractivity contribution in [3.8, 4) is 0 Å². The third kappa shape index (κ3) is 5.82. The average Bonchev–Trinajstić information content (AvgIpc) is 3.37. The molecule has 0 aromatic heterocycles. The number of rotatable bonds is 11. The van der Waals surface area contributed by atoms with E-state index in [-0.39, 0.29) is 36.7 Å². The van der Waals surface area contributed by atoms with E-state index in [1.807, 2.05) is 13.0 Å². The molecule has 5 nitrogen and oxygen atoms in total. The first-order valence-corrected chi connectivity index (χ1v) is 13.6. The molecular formula is C23H40O5Si. The summed E-state index contributed by atoms with van der Waals surface area (Å²) in [5.74, 6) is -1.12. The van der Waals surface area contributed by atoms with E-state index < -0.39 is 25.7 Å². The van der Waals surface area contributed by atoms with E-state index in [1.165, 1.54) is 0 Å². The van der Waals surface area contributed by atoms with Gasteiger partial charge in [-0.25, -0.2) is 0 Å². The molecule has 166 valence electrons. The van der Waals surface area contributed by atoms with Gasteiger partial charge in [0, 0.05) is 0 Å². The van der Waals surface area contributed by atoms with Crippen LogP contribution in [0.4, 0.5) is 0 Å². The van der Waals surface area contributed by atoms with Crippen molar-refractivity contribution < 1.29 is 23.5 Å². The van der Waals surface area contributed by atoms with E-state index in [9.17, 15) is 9.59 Å². The molecule has 0 saturated heterocycles. The van der Waals surface area contributed by atoms with Crippen molar-refractivity contribution >= 4 is 20.3 Å². The Labute approximate surface area is 178 Å². The van der Waals surface area contributed by atoms with Crippen LogP contribution in [0.3, 0.4) is 0 Å². The van der Waals surface area contributed by atoms with Crippen molar-refractivity contribution in [1.29, 1.82) is 0 Å². The van der Waals surface area contributed by atoms with E-state index in [1.54, 1.807) is 19.9 Å². The summed E-state index contributed by atoms with van der Waals surface area (Å²) < 4.78 is 17.2. The summed E-state index contributed by atoms with van der Waals surface area (Å²) in [6.07, 6.45) is 5.87. The van der Waals surface area contributed by atoms with Crippen molar-refractivity contribution in [2.45, 2.75) is 91.0 Å². The smallest absolute Gasteiger partial charge is 0.324 e. The van der Waals surface area contributed by atoms with Gasteiger partial charge in [-0.15, -0.1) is 6.58 Å². The Hall–Kier alpha value is -1.40. The number of allylic oxidation sites excluding steroid dienone is 2. The Balaban J connectivity index is 3.19. The summed E-state index contributed by atoms with van der Waals surface area (Å²) in [5.41, 5.74) is -0.599. The van der Waals surface area contributed by atoms with Crippen LogP contribution in [0.1, 0.15) is 67.2 Å². The predicted molar refractivity (Wildman–Crippen MR) is 119 cm³/mol. The zero-order valence-corrected chi connectivity index (χ0v) is 20.6. The Morgan fingerprint density at radius 2 is 1.52 bits per heavy atom. The van der Waals surface area contributed by atoms with E-state index in [0.29, 0.717) is 0 Å². The molecule has 0 amide bonds. The van der Waals surface area contributed by atoms with E-state index in [2.05, 4.69) is 40.4 Å². The normalized spacial score (nSPS) is 16.9. The van der Waals surface area contributed by atoms with Crippen LogP contribution in [0.15, 0.2) is 24.3 Å². The highest BCUT2D eigenvalue weighted by Gasteiger charge is 2.53. The summed E-state index contributed by atoms with van der Waals surface area (Å²) in [7, 11) is -1.94. The van der Waals surface area contributed by atoms with Gasteiger partial charge in [0.2, 0.25) is 0 Å². The van der Waals surface area contributed by atoms with Gasteiger partial charge in [0.1, 0.15) is 0 Å². The van der Waals surface area contributed by atoms with Crippen LogP contribution in [0.25, 0.3) is 0 Å². The molecule has 0 unspecified atom stereocenters. The molecule has 0 N–H and O–H groups in total. The van der Waals surface area contributed by atoms with Gasteiger partial charge in [-0.05, 0) is 70.2 Å². The molecule has 0 aliphatic heterocycles. The highest BCUT2D eigenvalue weighted by Crippen LogP contribution is 2.52. The second-order valence-electron chi connectivity index (χ2n) is 9.46. The second kappa shape index (κ2) is 9.60. The van der Waals surface area contributed by atoms with Gasteiger partial charge in [-0.3, -0.25) is 9.59 Å². The Bertz CT molecular complexity index is 620. The Morgan fingerprint density at radius 1 is 1.03 bits per heavy atom. The third-order valence-corrected chi connectivity index (χ3v) is 10.8. The van der Waals surface area contributed by atoms with Gasteiger partial charge >= 0.3 is 11.9 Å². The maximum Gasteiger partial charge on any atom is 0.324 e. The van der Waals surface area contributed by atoms with Gasteiger partial charge in [-0.1, -0.05) is 32.9 Å². The topological polar surface area (TPSA) is 61.8 Å². The van der Waals surface area contributed by atoms with Crippen LogP contribution in [-0.2, 0) is 23.5 Å². The Morgan fingerprint density at radius 3 is 1.86 bits per heavy atom. The fraction of sp³-hybridized carbons (Fsp3) is 0.739.